The zero-order valence-electron chi connectivity index (χ0n) is 16.3. The molecule has 0 saturated carbocycles. The average molecular weight is 540 g/mol. The molecule has 160 valence electrons. The number of likely N-dealkylation sites (tertiary alicyclic amines) is 1. The van der Waals surface area contributed by atoms with E-state index in [9.17, 15) is 8.78 Å². The number of alkyl halides is 2. The quantitative estimate of drug-likeness (QED) is 0.339. The van der Waals surface area contributed by atoms with E-state index in [1.165, 1.54) is 17.7 Å². The molecule has 3 rings (SSSR count). The topological polar surface area (TPSA) is 54.7 Å². The summed E-state index contributed by atoms with van der Waals surface area (Å²) in [7, 11) is 1.91. The minimum atomic E-state index is -2.89. The lowest BCUT2D eigenvalue weighted by Gasteiger charge is -2.22. The first-order chi connectivity index (χ1) is 13.5. The van der Waals surface area contributed by atoms with Gasteiger partial charge in [0.25, 0.3) is 0 Å². The fraction of sp³-hybridized carbons (Fsp3) is 0.474. The van der Waals surface area contributed by atoms with Gasteiger partial charge in [-0.2, -0.15) is 13.9 Å². The monoisotopic (exact) mass is 539 g/mol. The van der Waals surface area contributed by atoms with E-state index in [4.69, 9.17) is 11.6 Å². The highest BCUT2D eigenvalue weighted by atomic mass is 127. The number of guanidine groups is 1. The van der Waals surface area contributed by atoms with Gasteiger partial charge >= 0.3 is 6.61 Å². The van der Waals surface area contributed by atoms with Crippen LogP contribution in [-0.4, -0.2) is 46.9 Å². The standard InChI is InChI=1S/C19H24ClF2N5O.HI/c1-3-23-19(27-7-6-13(12-27)15-10-25-26(2)11-15)24-9-14-8-16(20)4-5-17(14)28-18(21)22;/h4-5,8,10-11,13,18H,3,6-7,9,12H2,1-2H3,(H,23,24);1H. The third kappa shape index (κ3) is 6.43. The first-order valence-electron chi connectivity index (χ1n) is 9.21. The Morgan fingerprint density at radius 2 is 2.24 bits per heavy atom. The lowest BCUT2D eigenvalue weighted by atomic mass is 10.0. The van der Waals surface area contributed by atoms with E-state index < -0.39 is 6.61 Å². The van der Waals surface area contributed by atoms with Crippen molar-refractivity contribution in [3.05, 3.63) is 46.7 Å². The third-order valence-corrected chi connectivity index (χ3v) is 4.89. The molecule has 1 atom stereocenters. The Kier molecular flexibility index (Phi) is 8.94. The summed E-state index contributed by atoms with van der Waals surface area (Å²) in [6.45, 7) is 1.70. The van der Waals surface area contributed by atoms with Crippen molar-refractivity contribution in [2.45, 2.75) is 32.4 Å². The molecule has 1 saturated heterocycles. The van der Waals surface area contributed by atoms with E-state index in [0.29, 0.717) is 23.0 Å². The molecule has 1 fully saturated rings. The van der Waals surface area contributed by atoms with Gasteiger partial charge in [-0.1, -0.05) is 11.6 Å². The summed E-state index contributed by atoms with van der Waals surface area (Å²) in [5, 5.41) is 7.98. The predicted molar refractivity (Wildman–Crippen MR) is 120 cm³/mol. The van der Waals surface area contributed by atoms with Crippen molar-refractivity contribution < 1.29 is 13.5 Å². The summed E-state index contributed by atoms with van der Waals surface area (Å²) in [5.74, 6) is 1.23. The van der Waals surface area contributed by atoms with Crippen molar-refractivity contribution >= 4 is 41.5 Å². The van der Waals surface area contributed by atoms with Gasteiger partial charge in [0.1, 0.15) is 5.75 Å². The fourth-order valence-electron chi connectivity index (χ4n) is 3.34. The van der Waals surface area contributed by atoms with Crippen LogP contribution in [0.4, 0.5) is 8.78 Å². The molecule has 0 amide bonds. The van der Waals surface area contributed by atoms with Crippen LogP contribution in [0.3, 0.4) is 0 Å². The molecule has 29 heavy (non-hydrogen) atoms. The molecular weight excluding hydrogens is 515 g/mol. The predicted octanol–water partition coefficient (Wildman–Crippen LogP) is 4.25. The summed E-state index contributed by atoms with van der Waals surface area (Å²) < 4.78 is 31.7. The number of aromatic nitrogens is 2. The van der Waals surface area contributed by atoms with Crippen molar-refractivity contribution in [3.8, 4) is 5.75 Å². The van der Waals surface area contributed by atoms with E-state index in [2.05, 4.69) is 25.0 Å². The number of aryl methyl sites for hydroxylation is 1. The highest BCUT2D eigenvalue weighted by molar-refractivity contribution is 14.0. The maximum atomic E-state index is 12.7. The van der Waals surface area contributed by atoms with Crippen molar-refractivity contribution in [3.63, 3.8) is 0 Å². The summed E-state index contributed by atoms with van der Waals surface area (Å²) >= 11 is 6.02. The van der Waals surface area contributed by atoms with Gasteiger partial charge < -0.3 is 15.0 Å². The van der Waals surface area contributed by atoms with E-state index >= 15 is 0 Å². The molecule has 6 nitrogen and oxygen atoms in total. The molecule has 1 N–H and O–H groups in total. The number of hydrogen-bond donors (Lipinski definition) is 1. The minimum absolute atomic E-state index is 0. The van der Waals surface area contributed by atoms with Crippen molar-refractivity contribution in [2.75, 3.05) is 19.6 Å². The zero-order valence-corrected chi connectivity index (χ0v) is 19.4. The molecule has 1 aromatic carbocycles. The van der Waals surface area contributed by atoms with Gasteiger partial charge in [0.05, 0.1) is 12.7 Å². The number of hydrogen-bond acceptors (Lipinski definition) is 3. The lowest BCUT2D eigenvalue weighted by Crippen LogP contribution is -2.40. The first kappa shape index (κ1) is 23.7. The van der Waals surface area contributed by atoms with E-state index in [1.54, 1.807) is 10.7 Å². The van der Waals surface area contributed by atoms with Crippen LogP contribution in [0.2, 0.25) is 5.02 Å². The minimum Gasteiger partial charge on any atom is -0.434 e. The van der Waals surface area contributed by atoms with Gasteiger partial charge in [-0.25, -0.2) is 4.99 Å². The molecule has 0 radical (unpaired) electrons. The van der Waals surface area contributed by atoms with Crippen LogP contribution in [0.25, 0.3) is 0 Å². The molecule has 0 bridgehead atoms. The zero-order chi connectivity index (χ0) is 20.1. The smallest absolute Gasteiger partial charge is 0.387 e. The number of aliphatic imine (C=N–C) groups is 1. The number of nitrogens with zero attached hydrogens (tertiary/aromatic N) is 4. The van der Waals surface area contributed by atoms with Gasteiger partial charge in [0.15, 0.2) is 5.96 Å². The Labute approximate surface area is 191 Å². The lowest BCUT2D eigenvalue weighted by molar-refractivity contribution is -0.0504. The molecule has 2 heterocycles. The Morgan fingerprint density at radius 3 is 2.90 bits per heavy atom. The molecule has 1 aromatic heterocycles. The molecule has 2 aromatic rings. The van der Waals surface area contributed by atoms with Crippen LogP contribution in [0.5, 0.6) is 5.75 Å². The summed E-state index contributed by atoms with van der Waals surface area (Å²) in [6.07, 6.45) is 4.95. The number of ether oxygens (including phenoxy) is 1. The Morgan fingerprint density at radius 1 is 1.45 bits per heavy atom. The van der Waals surface area contributed by atoms with Crippen LogP contribution in [-0.2, 0) is 13.6 Å². The van der Waals surface area contributed by atoms with Crippen LogP contribution in [0, 0.1) is 0 Å². The Bertz CT molecular complexity index is 833. The van der Waals surface area contributed by atoms with Crippen LogP contribution < -0.4 is 10.1 Å². The number of benzene rings is 1. The van der Waals surface area contributed by atoms with Gasteiger partial charge in [-0.15, -0.1) is 24.0 Å². The molecule has 0 spiro atoms. The van der Waals surface area contributed by atoms with Crippen LogP contribution in [0.15, 0.2) is 35.6 Å². The largest absolute Gasteiger partial charge is 0.434 e. The summed E-state index contributed by atoms with van der Waals surface area (Å²) in [6, 6.07) is 4.58. The van der Waals surface area contributed by atoms with Crippen molar-refractivity contribution in [1.29, 1.82) is 0 Å². The molecular formula is C19H25ClF2IN5O. The molecule has 0 aliphatic carbocycles. The number of halogens is 4. The van der Waals surface area contributed by atoms with E-state index in [0.717, 1.165) is 25.5 Å². The molecule has 1 unspecified atom stereocenters. The van der Waals surface area contributed by atoms with Gasteiger partial charge in [-0.3, -0.25) is 4.68 Å². The number of nitrogens with one attached hydrogen (secondary N) is 1. The van der Waals surface area contributed by atoms with Gasteiger partial charge in [0.2, 0.25) is 0 Å². The van der Waals surface area contributed by atoms with Gasteiger partial charge in [-0.05, 0) is 37.1 Å². The van der Waals surface area contributed by atoms with Crippen LogP contribution >= 0.6 is 35.6 Å². The molecule has 1 aliphatic rings. The fourth-order valence-corrected chi connectivity index (χ4v) is 3.54. The van der Waals surface area contributed by atoms with E-state index in [1.807, 2.05) is 26.4 Å². The van der Waals surface area contributed by atoms with Crippen LogP contribution in [0.1, 0.15) is 30.4 Å². The maximum Gasteiger partial charge on any atom is 0.387 e. The van der Waals surface area contributed by atoms with Crippen molar-refractivity contribution in [1.82, 2.24) is 20.0 Å². The van der Waals surface area contributed by atoms with Gasteiger partial charge in [0, 0.05) is 49.4 Å². The number of rotatable bonds is 6. The second-order valence-corrected chi connectivity index (χ2v) is 7.12. The SMILES string of the molecule is CCNC(=NCc1cc(Cl)ccc1OC(F)F)N1CCC(c2cnn(C)c2)C1.I. The normalized spacial score (nSPS) is 16.8. The second-order valence-electron chi connectivity index (χ2n) is 6.68. The maximum absolute atomic E-state index is 12.7. The van der Waals surface area contributed by atoms with Crippen molar-refractivity contribution in [2.24, 2.45) is 12.0 Å². The highest BCUT2D eigenvalue weighted by Crippen LogP contribution is 2.28. The summed E-state index contributed by atoms with van der Waals surface area (Å²) in [5.41, 5.74) is 1.73. The van der Waals surface area contributed by atoms with E-state index in [-0.39, 0.29) is 36.3 Å². The third-order valence-electron chi connectivity index (χ3n) is 4.66. The Balaban J connectivity index is 0.00000300. The highest BCUT2D eigenvalue weighted by Gasteiger charge is 2.27. The molecule has 1 aliphatic heterocycles. The second kappa shape index (κ2) is 11.0. The first-order valence-corrected chi connectivity index (χ1v) is 9.59. The average Bonchev–Trinajstić information content (AvgIpc) is 3.29. The Hall–Kier alpha value is -1.62. The molecule has 10 heteroatoms. The summed E-state index contributed by atoms with van der Waals surface area (Å²) in [4.78, 5) is 6.82.